The molecule has 0 radical (unpaired) electrons. The van der Waals surface area contributed by atoms with Crippen molar-refractivity contribution in [1.29, 1.82) is 0 Å². The van der Waals surface area contributed by atoms with Gasteiger partial charge in [0.05, 0.1) is 0 Å². The lowest BCUT2D eigenvalue weighted by atomic mass is 10.1. The first-order chi connectivity index (χ1) is 11.6. The minimum atomic E-state index is -2.54. The molecule has 1 nitrogen and oxygen atoms in total. The van der Waals surface area contributed by atoms with Gasteiger partial charge in [0, 0.05) is 0 Å². The normalized spacial score (nSPS) is 11.1. The first-order valence-electron chi connectivity index (χ1n) is 8.16. The van der Waals surface area contributed by atoms with Crippen LogP contribution in [0.2, 0.25) is 0 Å². The zero-order chi connectivity index (χ0) is 17.0. The highest BCUT2D eigenvalue weighted by Gasteiger charge is 2.38. The van der Waals surface area contributed by atoms with Crippen molar-refractivity contribution in [3.8, 4) is 5.75 Å². The van der Waals surface area contributed by atoms with E-state index in [1.807, 2.05) is 17.8 Å². The molecule has 0 aliphatic heterocycles. The Balaban J connectivity index is 2.16. The standard InChI is InChI=1S/C22H22OSi/c1-4-24(21-11-7-5-8-12-21,22-13-9-6-10-14-22)23-20-16-18(2)15-19(3)17-20/h4-17H,1H2,2-3H3. The van der Waals surface area contributed by atoms with Gasteiger partial charge in [-0.3, -0.25) is 0 Å². The van der Waals surface area contributed by atoms with Crippen molar-refractivity contribution < 1.29 is 4.43 Å². The number of aryl methyl sites for hydroxylation is 2. The van der Waals surface area contributed by atoms with Crippen molar-refractivity contribution >= 4 is 18.7 Å². The van der Waals surface area contributed by atoms with E-state index in [2.05, 4.69) is 87.2 Å². The molecule has 0 amide bonds. The molecule has 0 N–H and O–H groups in total. The van der Waals surface area contributed by atoms with Gasteiger partial charge in [0.2, 0.25) is 0 Å². The maximum atomic E-state index is 6.71. The zero-order valence-electron chi connectivity index (χ0n) is 14.2. The van der Waals surface area contributed by atoms with Gasteiger partial charge in [0.15, 0.2) is 0 Å². The quantitative estimate of drug-likeness (QED) is 0.638. The van der Waals surface area contributed by atoms with E-state index >= 15 is 0 Å². The predicted molar refractivity (Wildman–Crippen MR) is 105 cm³/mol. The Morgan fingerprint density at radius 1 is 0.750 bits per heavy atom. The average Bonchev–Trinajstić information content (AvgIpc) is 2.60. The zero-order valence-corrected chi connectivity index (χ0v) is 15.2. The Morgan fingerprint density at radius 3 is 1.62 bits per heavy atom. The molecule has 0 fully saturated rings. The molecule has 2 heteroatoms. The maximum absolute atomic E-state index is 6.71. The molecule has 0 saturated heterocycles. The topological polar surface area (TPSA) is 9.23 Å². The highest BCUT2D eigenvalue weighted by Crippen LogP contribution is 2.21. The second-order valence-electron chi connectivity index (χ2n) is 6.10. The first-order valence-corrected chi connectivity index (χ1v) is 10.1. The molecule has 0 aromatic heterocycles. The largest absolute Gasteiger partial charge is 0.531 e. The van der Waals surface area contributed by atoms with Gasteiger partial charge in [-0.2, -0.15) is 0 Å². The lowest BCUT2D eigenvalue weighted by Crippen LogP contribution is -2.62. The summed E-state index contributed by atoms with van der Waals surface area (Å²) >= 11 is 0. The molecule has 0 saturated carbocycles. The summed E-state index contributed by atoms with van der Waals surface area (Å²) in [5.74, 6) is 0.909. The van der Waals surface area contributed by atoms with Gasteiger partial charge in [-0.25, -0.2) is 0 Å². The Labute approximate surface area is 145 Å². The van der Waals surface area contributed by atoms with Gasteiger partial charge >= 0.3 is 8.32 Å². The van der Waals surface area contributed by atoms with Crippen LogP contribution in [0.3, 0.4) is 0 Å². The van der Waals surface area contributed by atoms with Crippen molar-refractivity contribution in [2.24, 2.45) is 0 Å². The summed E-state index contributed by atoms with van der Waals surface area (Å²) in [6.07, 6.45) is 0. The van der Waals surface area contributed by atoms with Crippen LogP contribution < -0.4 is 14.8 Å². The summed E-state index contributed by atoms with van der Waals surface area (Å²) in [6, 6.07) is 27.3. The Morgan fingerprint density at radius 2 is 1.21 bits per heavy atom. The van der Waals surface area contributed by atoms with E-state index in [1.54, 1.807) is 0 Å². The van der Waals surface area contributed by atoms with Crippen LogP contribution in [0.4, 0.5) is 0 Å². The molecular weight excluding hydrogens is 308 g/mol. The second-order valence-corrected chi connectivity index (χ2v) is 9.34. The van der Waals surface area contributed by atoms with Crippen LogP contribution in [-0.4, -0.2) is 8.32 Å². The molecule has 0 aliphatic carbocycles. The summed E-state index contributed by atoms with van der Waals surface area (Å²) in [6.45, 7) is 8.36. The molecule has 0 heterocycles. The molecule has 3 aromatic carbocycles. The maximum Gasteiger partial charge on any atom is 0.339 e. The van der Waals surface area contributed by atoms with Crippen LogP contribution in [0.1, 0.15) is 11.1 Å². The van der Waals surface area contributed by atoms with Crippen molar-refractivity contribution in [1.82, 2.24) is 0 Å². The Hall–Kier alpha value is -2.58. The SMILES string of the molecule is C=C[Si](Oc1cc(C)cc(C)c1)(c1ccccc1)c1ccccc1. The van der Waals surface area contributed by atoms with Crippen LogP contribution in [0.15, 0.2) is 91.1 Å². The molecule has 0 atom stereocenters. The summed E-state index contributed by atoms with van der Waals surface area (Å²) in [4.78, 5) is 0. The van der Waals surface area contributed by atoms with Gasteiger partial charge in [-0.05, 0) is 47.5 Å². The summed E-state index contributed by atoms with van der Waals surface area (Å²) in [5, 5.41) is 2.40. The number of hydrogen-bond acceptors (Lipinski definition) is 1. The molecular formula is C22H22OSi. The highest BCUT2D eigenvalue weighted by atomic mass is 28.4. The lowest BCUT2D eigenvalue weighted by Gasteiger charge is -2.30. The van der Waals surface area contributed by atoms with E-state index in [0.29, 0.717) is 0 Å². The first kappa shape index (κ1) is 16.3. The fourth-order valence-electron chi connectivity index (χ4n) is 3.11. The van der Waals surface area contributed by atoms with Crippen molar-refractivity contribution in [2.45, 2.75) is 13.8 Å². The monoisotopic (exact) mass is 330 g/mol. The second kappa shape index (κ2) is 6.89. The molecule has 0 aliphatic rings. The smallest absolute Gasteiger partial charge is 0.339 e. The minimum Gasteiger partial charge on any atom is -0.531 e. The number of rotatable bonds is 5. The Bertz CT molecular complexity index is 765. The van der Waals surface area contributed by atoms with Gasteiger partial charge in [0.1, 0.15) is 5.75 Å². The third-order valence-corrected chi connectivity index (χ3v) is 7.68. The summed E-state index contributed by atoms with van der Waals surface area (Å²) in [5.41, 5.74) is 4.44. The van der Waals surface area contributed by atoms with E-state index in [1.165, 1.54) is 21.5 Å². The third-order valence-electron chi connectivity index (χ3n) is 4.17. The van der Waals surface area contributed by atoms with Crippen LogP contribution in [0.25, 0.3) is 0 Å². The van der Waals surface area contributed by atoms with Crippen molar-refractivity contribution in [3.05, 3.63) is 102 Å². The van der Waals surface area contributed by atoms with Crippen LogP contribution in [0, 0.1) is 13.8 Å². The molecule has 0 unspecified atom stereocenters. The van der Waals surface area contributed by atoms with Gasteiger partial charge in [0.25, 0.3) is 0 Å². The van der Waals surface area contributed by atoms with E-state index in [-0.39, 0.29) is 0 Å². The van der Waals surface area contributed by atoms with E-state index in [4.69, 9.17) is 4.43 Å². The minimum absolute atomic E-state index is 0.909. The number of benzene rings is 3. The molecule has 0 bridgehead atoms. The molecule has 3 aromatic rings. The van der Waals surface area contributed by atoms with E-state index in [9.17, 15) is 0 Å². The van der Waals surface area contributed by atoms with Crippen LogP contribution in [0.5, 0.6) is 5.75 Å². The van der Waals surface area contributed by atoms with Gasteiger partial charge in [-0.15, -0.1) is 6.58 Å². The van der Waals surface area contributed by atoms with Crippen molar-refractivity contribution in [2.75, 3.05) is 0 Å². The molecule has 3 rings (SSSR count). The predicted octanol–water partition coefficient (Wildman–Crippen LogP) is 4.17. The van der Waals surface area contributed by atoms with Crippen LogP contribution in [-0.2, 0) is 0 Å². The highest BCUT2D eigenvalue weighted by molar-refractivity contribution is 7.01. The molecule has 24 heavy (non-hydrogen) atoms. The van der Waals surface area contributed by atoms with E-state index in [0.717, 1.165) is 5.75 Å². The summed E-state index contributed by atoms with van der Waals surface area (Å²) in [7, 11) is -2.54. The average molecular weight is 331 g/mol. The van der Waals surface area contributed by atoms with Gasteiger partial charge < -0.3 is 4.43 Å². The fraction of sp³-hybridized carbons (Fsp3) is 0.0909. The van der Waals surface area contributed by atoms with Gasteiger partial charge in [-0.1, -0.05) is 72.4 Å². The lowest BCUT2D eigenvalue weighted by molar-refractivity contribution is 0.575. The summed E-state index contributed by atoms with van der Waals surface area (Å²) < 4.78 is 6.71. The fourth-order valence-corrected chi connectivity index (χ4v) is 6.10. The van der Waals surface area contributed by atoms with Crippen molar-refractivity contribution in [3.63, 3.8) is 0 Å². The number of hydrogen-bond donors (Lipinski definition) is 0. The molecule has 0 spiro atoms. The third kappa shape index (κ3) is 3.19. The van der Waals surface area contributed by atoms with Crippen LogP contribution >= 0.6 is 0 Å². The Kier molecular flexibility index (Phi) is 4.68. The molecule has 120 valence electrons. The van der Waals surface area contributed by atoms with E-state index < -0.39 is 8.32 Å².